The van der Waals surface area contributed by atoms with E-state index in [0.717, 1.165) is 44.9 Å². The molecule has 0 saturated carbocycles. The summed E-state index contributed by atoms with van der Waals surface area (Å²) in [6.07, 6.45) is 0.00211. The number of nitrogens with one attached hydrogen (secondary N) is 1. The van der Waals surface area contributed by atoms with Crippen LogP contribution in [0.25, 0.3) is 22.4 Å². The molecule has 2 heterocycles. The number of hydrogen-bond donors (Lipinski definition) is 2. The van der Waals surface area contributed by atoms with Gasteiger partial charge in [-0.05, 0) is 44.0 Å². The summed E-state index contributed by atoms with van der Waals surface area (Å²) in [5.41, 5.74) is 7.78. The summed E-state index contributed by atoms with van der Waals surface area (Å²) in [5, 5.41) is 13.6. The molecule has 2 aromatic heterocycles. The third-order valence-corrected chi connectivity index (χ3v) is 5.06. The van der Waals surface area contributed by atoms with Crippen molar-refractivity contribution in [2.75, 3.05) is 0 Å². The van der Waals surface area contributed by atoms with Gasteiger partial charge in [0, 0.05) is 16.8 Å². The Morgan fingerprint density at radius 2 is 1.86 bits per heavy atom. The molecule has 28 heavy (non-hydrogen) atoms. The van der Waals surface area contributed by atoms with Gasteiger partial charge in [-0.2, -0.15) is 5.10 Å². The fourth-order valence-corrected chi connectivity index (χ4v) is 3.50. The molecule has 4 aromatic rings. The van der Waals surface area contributed by atoms with Crippen LogP contribution in [0.15, 0.2) is 42.5 Å². The lowest BCUT2D eigenvalue weighted by Gasteiger charge is -2.06. The molecular weight excluding hydrogens is 352 g/mol. The van der Waals surface area contributed by atoms with Gasteiger partial charge in [-0.3, -0.25) is 9.48 Å². The monoisotopic (exact) mass is 374 g/mol. The Labute approximate surface area is 162 Å². The number of aliphatic carboxylic acids is 1. The van der Waals surface area contributed by atoms with E-state index in [4.69, 9.17) is 5.11 Å². The summed E-state index contributed by atoms with van der Waals surface area (Å²) >= 11 is 0. The first-order chi connectivity index (χ1) is 13.4. The number of fused-ring (bicyclic) bond motifs is 1. The summed E-state index contributed by atoms with van der Waals surface area (Å²) < 4.78 is 1.87. The number of carbonyl (C=O) groups is 1. The summed E-state index contributed by atoms with van der Waals surface area (Å²) in [7, 11) is 0. The van der Waals surface area contributed by atoms with E-state index in [1.165, 1.54) is 5.56 Å². The average Bonchev–Trinajstić information content (AvgIpc) is 3.18. The highest BCUT2D eigenvalue weighted by Gasteiger charge is 2.14. The average molecular weight is 374 g/mol. The van der Waals surface area contributed by atoms with Crippen LogP contribution in [0, 0.1) is 20.8 Å². The molecule has 0 fully saturated rings. The van der Waals surface area contributed by atoms with Crippen molar-refractivity contribution in [1.29, 1.82) is 0 Å². The topological polar surface area (TPSA) is 83.8 Å². The number of aromatic amines is 1. The minimum Gasteiger partial charge on any atom is -0.481 e. The Morgan fingerprint density at radius 3 is 2.57 bits per heavy atom. The second-order valence-corrected chi connectivity index (χ2v) is 7.18. The van der Waals surface area contributed by atoms with Gasteiger partial charge in [-0.1, -0.05) is 30.3 Å². The number of carboxylic acids is 1. The molecule has 0 atom stereocenters. The van der Waals surface area contributed by atoms with E-state index in [1.807, 2.05) is 36.7 Å². The van der Waals surface area contributed by atoms with Gasteiger partial charge in [0.15, 0.2) is 0 Å². The first-order valence-corrected chi connectivity index (χ1v) is 9.21. The Kier molecular flexibility index (Phi) is 4.47. The number of H-pyrrole nitrogens is 1. The molecule has 0 bridgehead atoms. The van der Waals surface area contributed by atoms with Crippen LogP contribution < -0.4 is 0 Å². The number of rotatable bonds is 5. The standard InChI is InChI=1S/C22H22N4O2/c1-13-4-9-19-20(10-13)24-22(23-19)17-7-5-16(6-8-17)12-26-15(3)18(11-21(27)28)14(2)25-26/h4-10H,11-12H2,1-3H3,(H,23,24)(H,27,28). The van der Waals surface area contributed by atoms with E-state index >= 15 is 0 Å². The zero-order chi connectivity index (χ0) is 19.8. The van der Waals surface area contributed by atoms with E-state index in [2.05, 4.69) is 46.3 Å². The molecule has 0 unspecified atom stereocenters. The number of hydrogen-bond acceptors (Lipinski definition) is 3. The zero-order valence-corrected chi connectivity index (χ0v) is 16.2. The summed E-state index contributed by atoms with van der Waals surface area (Å²) in [5.74, 6) is 0.0122. The zero-order valence-electron chi connectivity index (χ0n) is 16.2. The molecule has 0 saturated heterocycles. The number of aromatic nitrogens is 4. The van der Waals surface area contributed by atoms with Gasteiger partial charge >= 0.3 is 5.97 Å². The summed E-state index contributed by atoms with van der Waals surface area (Å²) in [6, 6.07) is 14.4. The van der Waals surface area contributed by atoms with Gasteiger partial charge < -0.3 is 10.1 Å². The molecular formula is C22H22N4O2. The van der Waals surface area contributed by atoms with Crippen LogP contribution in [0.2, 0.25) is 0 Å². The molecule has 0 amide bonds. The molecule has 0 aliphatic rings. The largest absolute Gasteiger partial charge is 0.481 e. The molecule has 142 valence electrons. The van der Waals surface area contributed by atoms with Crippen LogP contribution in [0.4, 0.5) is 0 Å². The molecule has 6 heteroatoms. The van der Waals surface area contributed by atoms with E-state index < -0.39 is 5.97 Å². The van der Waals surface area contributed by atoms with Gasteiger partial charge in [0.1, 0.15) is 5.82 Å². The van der Waals surface area contributed by atoms with Gasteiger partial charge in [-0.25, -0.2) is 4.98 Å². The molecule has 0 aliphatic carbocycles. The number of nitrogens with zero attached hydrogens (tertiary/aromatic N) is 3. The molecule has 0 spiro atoms. The predicted octanol–water partition coefficient (Wildman–Crippen LogP) is 4.03. The van der Waals surface area contributed by atoms with Crippen molar-refractivity contribution in [3.05, 3.63) is 70.5 Å². The van der Waals surface area contributed by atoms with Crippen LogP contribution in [0.3, 0.4) is 0 Å². The maximum absolute atomic E-state index is 11.1. The quantitative estimate of drug-likeness (QED) is 0.552. The SMILES string of the molecule is Cc1ccc2nc(-c3ccc(Cn4nc(C)c(CC(=O)O)c4C)cc3)[nH]c2c1. The maximum atomic E-state index is 11.1. The van der Waals surface area contributed by atoms with Crippen molar-refractivity contribution in [2.24, 2.45) is 0 Å². The summed E-state index contributed by atoms with van der Waals surface area (Å²) in [6.45, 7) is 6.44. The number of aryl methyl sites for hydroxylation is 2. The van der Waals surface area contributed by atoms with Crippen molar-refractivity contribution in [3.63, 3.8) is 0 Å². The van der Waals surface area contributed by atoms with E-state index in [-0.39, 0.29) is 6.42 Å². The van der Waals surface area contributed by atoms with Gasteiger partial charge in [0.05, 0.1) is 29.7 Å². The smallest absolute Gasteiger partial charge is 0.307 e. The molecule has 0 aliphatic heterocycles. The first kappa shape index (κ1) is 18.0. The van der Waals surface area contributed by atoms with Crippen LogP contribution >= 0.6 is 0 Å². The predicted molar refractivity (Wildman–Crippen MR) is 108 cm³/mol. The Morgan fingerprint density at radius 1 is 1.11 bits per heavy atom. The van der Waals surface area contributed by atoms with E-state index in [9.17, 15) is 4.79 Å². The maximum Gasteiger partial charge on any atom is 0.307 e. The Bertz CT molecular complexity index is 1170. The lowest BCUT2D eigenvalue weighted by atomic mass is 10.1. The van der Waals surface area contributed by atoms with Crippen molar-refractivity contribution in [3.8, 4) is 11.4 Å². The minimum absolute atomic E-state index is 0.00211. The molecule has 6 nitrogen and oxygen atoms in total. The van der Waals surface area contributed by atoms with E-state index in [1.54, 1.807) is 0 Å². The Hall–Kier alpha value is -3.41. The minimum atomic E-state index is -0.837. The van der Waals surface area contributed by atoms with Gasteiger partial charge in [-0.15, -0.1) is 0 Å². The van der Waals surface area contributed by atoms with Gasteiger partial charge in [0.25, 0.3) is 0 Å². The van der Waals surface area contributed by atoms with Crippen molar-refractivity contribution < 1.29 is 9.90 Å². The fourth-order valence-electron chi connectivity index (χ4n) is 3.50. The molecule has 2 N–H and O–H groups in total. The third kappa shape index (κ3) is 3.41. The lowest BCUT2D eigenvalue weighted by Crippen LogP contribution is -2.06. The number of benzene rings is 2. The highest BCUT2D eigenvalue weighted by atomic mass is 16.4. The molecule has 4 rings (SSSR count). The third-order valence-electron chi connectivity index (χ3n) is 5.06. The van der Waals surface area contributed by atoms with Crippen LogP contribution in [-0.2, 0) is 17.8 Å². The normalized spacial score (nSPS) is 11.2. The number of carboxylic acid groups (broad SMARTS) is 1. The van der Waals surface area contributed by atoms with Crippen LogP contribution in [0.5, 0.6) is 0 Å². The summed E-state index contributed by atoms with van der Waals surface area (Å²) in [4.78, 5) is 19.1. The highest BCUT2D eigenvalue weighted by Crippen LogP contribution is 2.22. The van der Waals surface area contributed by atoms with Crippen molar-refractivity contribution >= 4 is 17.0 Å². The lowest BCUT2D eigenvalue weighted by molar-refractivity contribution is -0.136. The van der Waals surface area contributed by atoms with Gasteiger partial charge in [0.2, 0.25) is 0 Å². The first-order valence-electron chi connectivity index (χ1n) is 9.21. The van der Waals surface area contributed by atoms with Crippen LogP contribution in [0.1, 0.15) is 28.1 Å². The second-order valence-electron chi connectivity index (χ2n) is 7.18. The molecule has 0 radical (unpaired) electrons. The Balaban J connectivity index is 1.57. The fraction of sp³-hybridized carbons (Fsp3) is 0.227. The number of imidazole rings is 1. The molecule has 2 aromatic carbocycles. The van der Waals surface area contributed by atoms with E-state index in [0.29, 0.717) is 6.54 Å². The van der Waals surface area contributed by atoms with Crippen molar-refractivity contribution in [1.82, 2.24) is 19.7 Å². The second kappa shape index (κ2) is 6.96. The van der Waals surface area contributed by atoms with Crippen LogP contribution in [-0.4, -0.2) is 30.8 Å². The highest BCUT2D eigenvalue weighted by molar-refractivity contribution is 5.80. The van der Waals surface area contributed by atoms with Crippen molar-refractivity contribution in [2.45, 2.75) is 33.7 Å².